The van der Waals surface area contributed by atoms with Gasteiger partial charge in [-0.15, -0.1) is 0 Å². The molecule has 2 N–H and O–H groups in total. The van der Waals surface area contributed by atoms with Crippen molar-refractivity contribution in [3.05, 3.63) is 23.6 Å². The Hall–Kier alpha value is -1.65. The van der Waals surface area contributed by atoms with Gasteiger partial charge in [-0.2, -0.15) is 0 Å². The molecule has 1 heterocycles. The molecule has 1 aliphatic carbocycles. The summed E-state index contributed by atoms with van der Waals surface area (Å²) in [6, 6.07) is 1.22. The molecule has 1 fully saturated rings. The van der Waals surface area contributed by atoms with Crippen LogP contribution >= 0.6 is 0 Å². The Balaban J connectivity index is 1.93. The number of carbonyl (C=O) groups is 1. The number of amides is 1. The predicted octanol–water partition coefficient (Wildman–Crippen LogP) is 2.82. The number of carbonyl (C=O) groups excluding carboxylic acids is 1. The molecule has 0 radical (unpaired) electrons. The highest BCUT2D eigenvalue weighted by molar-refractivity contribution is 5.98. The first-order valence-electron chi connectivity index (χ1n) is 7.21. The Bertz CT molecular complexity index is 470. The van der Waals surface area contributed by atoms with E-state index in [0.717, 1.165) is 25.0 Å². The van der Waals surface area contributed by atoms with Crippen molar-refractivity contribution in [3.63, 3.8) is 0 Å². The highest BCUT2D eigenvalue weighted by Gasteiger charge is 2.20. The molecule has 0 bridgehead atoms. The minimum atomic E-state index is -0.499. The molecule has 0 aromatic carbocycles. The summed E-state index contributed by atoms with van der Waals surface area (Å²) in [5.41, 5.74) is 0.261. The number of hydrogen-bond acceptors (Lipinski definition) is 3. The van der Waals surface area contributed by atoms with E-state index >= 15 is 0 Å². The number of nitrogens with one attached hydrogen (secondary N) is 2. The molecule has 0 aliphatic heterocycles. The zero-order valence-electron chi connectivity index (χ0n) is 12.1. The molecule has 1 aromatic heterocycles. The smallest absolute Gasteiger partial charge is 0.255 e. The molecule has 0 spiro atoms. The number of pyridine rings is 1. The molecule has 1 amide bonds. The van der Waals surface area contributed by atoms with E-state index in [1.54, 1.807) is 7.05 Å². The average molecular weight is 279 g/mol. The van der Waals surface area contributed by atoms with Crippen molar-refractivity contribution < 1.29 is 9.18 Å². The topological polar surface area (TPSA) is 54.0 Å². The van der Waals surface area contributed by atoms with E-state index in [1.807, 2.05) is 0 Å². The van der Waals surface area contributed by atoms with Gasteiger partial charge < -0.3 is 10.6 Å². The van der Waals surface area contributed by atoms with Gasteiger partial charge in [0, 0.05) is 13.6 Å². The number of nitrogens with zero attached hydrogens (tertiary/aromatic N) is 1. The van der Waals surface area contributed by atoms with Crippen LogP contribution in [-0.2, 0) is 0 Å². The molecule has 20 heavy (non-hydrogen) atoms. The Morgan fingerprint density at radius 1 is 1.40 bits per heavy atom. The summed E-state index contributed by atoms with van der Waals surface area (Å²) >= 11 is 0. The van der Waals surface area contributed by atoms with Crippen molar-refractivity contribution in [1.29, 1.82) is 0 Å². The highest BCUT2D eigenvalue weighted by atomic mass is 19.1. The van der Waals surface area contributed by atoms with E-state index in [1.165, 1.54) is 18.9 Å². The molecule has 2 rings (SSSR count). The van der Waals surface area contributed by atoms with Crippen molar-refractivity contribution in [2.24, 2.45) is 11.8 Å². The van der Waals surface area contributed by atoms with Crippen LogP contribution in [-0.4, -0.2) is 24.5 Å². The number of anilines is 1. The summed E-state index contributed by atoms with van der Waals surface area (Å²) in [6.07, 6.45) is 5.86. The van der Waals surface area contributed by atoms with Gasteiger partial charge in [-0.3, -0.25) is 4.79 Å². The highest BCUT2D eigenvalue weighted by Crippen LogP contribution is 2.27. The lowest BCUT2D eigenvalue weighted by atomic mass is 9.83. The monoisotopic (exact) mass is 279 g/mol. The van der Waals surface area contributed by atoms with Crippen molar-refractivity contribution in [2.45, 2.75) is 32.6 Å². The number of halogens is 1. The van der Waals surface area contributed by atoms with Crippen molar-refractivity contribution in [2.75, 3.05) is 18.9 Å². The molecule has 4 nitrogen and oxygen atoms in total. The molecule has 1 saturated carbocycles. The summed E-state index contributed by atoms with van der Waals surface area (Å²) < 4.78 is 13.2. The Labute approximate surface area is 119 Å². The Morgan fingerprint density at radius 3 is 2.75 bits per heavy atom. The average Bonchev–Trinajstić information content (AvgIpc) is 2.46. The van der Waals surface area contributed by atoms with Gasteiger partial charge in [0.05, 0.1) is 11.8 Å². The lowest BCUT2D eigenvalue weighted by molar-refractivity contribution is 0.0942. The lowest BCUT2D eigenvalue weighted by Gasteiger charge is -2.26. The van der Waals surface area contributed by atoms with E-state index in [0.29, 0.717) is 18.3 Å². The van der Waals surface area contributed by atoms with Gasteiger partial charge in [-0.25, -0.2) is 9.37 Å². The number of hydrogen-bond donors (Lipinski definition) is 2. The maximum Gasteiger partial charge on any atom is 0.255 e. The van der Waals surface area contributed by atoms with Crippen LogP contribution in [0.3, 0.4) is 0 Å². The van der Waals surface area contributed by atoms with Crippen LogP contribution in [0.15, 0.2) is 12.3 Å². The van der Waals surface area contributed by atoms with Crippen LogP contribution in [0.25, 0.3) is 0 Å². The fourth-order valence-electron chi connectivity index (χ4n) is 2.68. The van der Waals surface area contributed by atoms with Crippen molar-refractivity contribution in [3.8, 4) is 0 Å². The van der Waals surface area contributed by atoms with E-state index in [4.69, 9.17) is 0 Å². The molecule has 0 saturated heterocycles. The molecule has 1 aliphatic rings. The third kappa shape index (κ3) is 3.68. The van der Waals surface area contributed by atoms with E-state index in [2.05, 4.69) is 22.5 Å². The van der Waals surface area contributed by atoms with Gasteiger partial charge >= 0.3 is 0 Å². The SMILES string of the molecule is CNc1ncc(F)cc1C(=O)NCC1CCC(C)CC1. The van der Waals surface area contributed by atoms with Gasteiger partial charge in [0.25, 0.3) is 5.91 Å². The number of aromatic nitrogens is 1. The zero-order valence-corrected chi connectivity index (χ0v) is 12.1. The molecule has 0 unspecified atom stereocenters. The summed E-state index contributed by atoms with van der Waals surface area (Å²) in [7, 11) is 1.67. The molecule has 5 heteroatoms. The minimum absolute atomic E-state index is 0.261. The predicted molar refractivity (Wildman–Crippen MR) is 77.2 cm³/mol. The molecular formula is C15H22FN3O. The summed E-state index contributed by atoms with van der Waals surface area (Å²) in [5.74, 6) is 0.974. The van der Waals surface area contributed by atoms with Crippen molar-refractivity contribution in [1.82, 2.24) is 10.3 Å². The second kappa shape index (κ2) is 6.68. The normalized spacial score (nSPS) is 22.4. The van der Waals surface area contributed by atoms with Crippen LogP contribution in [0.1, 0.15) is 43.0 Å². The van der Waals surface area contributed by atoms with Crippen LogP contribution in [0.4, 0.5) is 10.2 Å². The number of rotatable bonds is 4. The second-order valence-corrected chi connectivity index (χ2v) is 5.64. The lowest BCUT2D eigenvalue weighted by Crippen LogP contribution is -2.31. The van der Waals surface area contributed by atoms with Crippen LogP contribution in [0, 0.1) is 17.7 Å². The molecular weight excluding hydrogens is 257 g/mol. The summed E-state index contributed by atoms with van der Waals surface area (Å²) in [5, 5.41) is 5.71. The van der Waals surface area contributed by atoms with Gasteiger partial charge in [0.1, 0.15) is 11.6 Å². The standard InChI is InChI=1S/C15H22FN3O/c1-10-3-5-11(6-4-10)8-19-15(20)13-7-12(16)9-18-14(13)17-2/h7,9-11H,3-6,8H2,1-2H3,(H,17,18)(H,19,20). The van der Waals surface area contributed by atoms with E-state index in [-0.39, 0.29) is 11.5 Å². The van der Waals surface area contributed by atoms with Gasteiger partial charge in [-0.1, -0.05) is 19.8 Å². The van der Waals surface area contributed by atoms with Gasteiger partial charge in [0.15, 0.2) is 0 Å². The van der Waals surface area contributed by atoms with Crippen LogP contribution < -0.4 is 10.6 Å². The third-order valence-corrected chi connectivity index (χ3v) is 4.02. The van der Waals surface area contributed by atoms with Crippen LogP contribution in [0.2, 0.25) is 0 Å². The maximum absolute atomic E-state index is 13.2. The zero-order chi connectivity index (χ0) is 14.5. The largest absolute Gasteiger partial charge is 0.372 e. The summed E-state index contributed by atoms with van der Waals surface area (Å²) in [6.45, 7) is 2.93. The fraction of sp³-hybridized carbons (Fsp3) is 0.600. The summed E-state index contributed by atoms with van der Waals surface area (Å²) in [4.78, 5) is 16.0. The van der Waals surface area contributed by atoms with Crippen LogP contribution in [0.5, 0.6) is 0 Å². The Kier molecular flexibility index (Phi) is 4.93. The first-order valence-corrected chi connectivity index (χ1v) is 7.21. The van der Waals surface area contributed by atoms with E-state index in [9.17, 15) is 9.18 Å². The van der Waals surface area contributed by atoms with Crippen molar-refractivity contribution >= 4 is 11.7 Å². The molecule has 110 valence electrons. The van der Waals surface area contributed by atoms with Gasteiger partial charge in [0.2, 0.25) is 0 Å². The first kappa shape index (κ1) is 14.8. The third-order valence-electron chi connectivity index (χ3n) is 4.02. The minimum Gasteiger partial charge on any atom is -0.372 e. The maximum atomic E-state index is 13.2. The second-order valence-electron chi connectivity index (χ2n) is 5.64. The first-order chi connectivity index (χ1) is 9.60. The van der Waals surface area contributed by atoms with Gasteiger partial charge in [-0.05, 0) is 30.7 Å². The fourth-order valence-corrected chi connectivity index (χ4v) is 2.68. The molecule has 1 aromatic rings. The quantitative estimate of drug-likeness (QED) is 0.891. The molecule has 0 atom stereocenters. The van der Waals surface area contributed by atoms with E-state index < -0.39 is 5.82 Å². The Morgan fingerprint density at radius 2 is 2.10 bits per heavy atom.